The second kappa shape index (κ2) is 7.04. The Morgan fingerprint density at radius 3 is 2.84 bits per heavy atom. The summed E-state index contributed by atoms with van der Waals surface area (Å²) >= 11 is 0. The fourth-order valence-corrected chi connectivity index (χ4v) is 2.47. The standard InChI is InChI=1S/C18H17N3O4/c1-11(22)20-14-4-2-3-13(8-14)18(24)19-9-12-5-6-16-15(7-12)21-17(23)10-25-16/h2-8H,9-10H2,1H3,(H,19,24)(H,20,22)(H,21,23). The molecular weight excluding hydrogens is 322 g/mol. The van der Waals surface area contributed by atoms with Gasteiger partial charge in [-0.1, -0.05) is 12.1 Å². The summed E-state index contributed by atoms with van der Waals surface area (Å²) in [6.07, 6.45) is 0. The van der Waals surface area contributed by atoms with E-state index >= 15 is 0 Å². The fourth-order valence-electron chi connectivity index (χ4n) is 2.47. The van der Waals surface area contributed by atoms with Crippen LogP contribution >= 0.6 is 0 Å². The lowest BCUT2D eigenvalue weighted by Gasteiger charge is -2.18. The number of fused-ring (bicyclic) bond motifs is 1. The Hall–Kier alpha value is -3.35. The molecule has 0 fully saturated rings. The summed E-state index contributed by atoms with van der Waals surface area (Å²) in [6, 6.07) is 12.0. The van der Waals surface area contributed by atoms with Crippen molar-refractivity contribution >= 4 is 29.1 Å². The average Bonchev–Trinajstić information content (AvgIpc) is 2.59. The summed E-state index contributed by atoms with van der Waals surface area (Å²) in [5.74, 6) is -0.0535. The van der Waals surface area contributed by atoms with Gasteiger partial charge < -0.3 is 20.7 Å². The molecule has 25 heavy (non-hydrogen) atoms. The minimum Gasteiger partial charge on any atom is -0.482 e. The van der Waals surface area contributed by atoms with Crippen LogP contribution in [0.15, 0.2) is 42.5 Å². The maximum absolute atomic E-state index is 12.3. The zero-order valence-electron chi connectivity index (χ0n) is 13.6. The number of benzene rings is 2. The van der Waals surface area contributed by atoms with Crippen molar-refractivity contribution in [3.8, 4) is 5.75 Å². The van der Waals surface area contributed by atoms with Gasteiger partial charge in [-0.2, -0.15) is 0 Å². The van der Waals surface area contributed by atoms with Crippen LogP contribution in [-0.2, 0) is 16.1 Å². The molecule has 3 rings (SSSR count). The molecule has 0 unspecified atom stereocenters. The molecule has 7 nitrogen and oxygen atoms in total. The van der Waals surface area contributed by atoms with E-state index in [0.717, 1.165) is 5.56 Å². The van der Waals surface area contributed by atoms with Crippen molar-refractivity contribution in [2.45, 2.75) is 13.5 Å². The number of nitrogens with one attached hydrogen (secondary N) is 3. The second-order valence-electron chi connectivity index (χ2n) is 5.61. The molecule has 0 saturated heterocycles. The van der Waals surface area contributed by atoms with Gasteiger partial charge >= 0.3 is 0 Å². The number of ether oxygens (including phenoxy) is 1. The normalized spacial score (nSPS) is 12.4. The van der Waals surface area contributed by atoms with Crippen molar-refractivity contribution in [3.63, 3.8) is 0 Å². The van der Waals surface area contributed by atoms with Crippen molar-refractivity contribution < 1.29 is 19.1 Å². The van der Waals surface area contributed by atoms with Crippen molar-refractivity contribution in [1.29, 1.82) is 0 Å². The molecule has 0 aromatic heterocycles. The molecule has 3 amide bonds. The number of hydrogen-bond acceptors (Lipinski definition) is 4. The van der Waals surface area contributed by atoms with Gasteiger partial charge in [-0.15, -0.1) is 0 Å². The first-order chi connectivity index (χ1) is 12.0. The first-order valence-corrected chi connectivity index (χ1v) is 7.73. The molecule has 0 saturated carbocycles. The maximum Gasteiger partial charge on any atom is 0.262 e. The number of anilines is 2. The fraction of sp³-hybridized carbons (Fsp3) is 0.167. The van der Waals surface area contributed by atoms with Crippen LogP contribution in [0, 0.1) is 0 Å². The van der Waals surface area contributed by atoms with Gasteiger partial charge in [0.1, 0.15) is 5.75 Å². The minimum atomic E-state index is -0.259. The Morgan fingerprint density at radius 1 is 1.20 bits per heavy atom. The van der Waals surface area contributed by atoms with Crippen molar-refractivity contribution in [1.82, 2.24) is 5.32 Å². The van der Waals surface area contributed by atoms with E-state index in [1.54, 1.807) is 36.4 Å². The monoisotopic (exact) mass is 339 g/mol. The highest BCUT2D eigenvalue weighted by Gasteiger charge is 2.16. The zero-order valence-corrected chi connectivity index (χ0v) is 13.6. The smallest absolute Gasteiger partial charge is 0.262 e. The van der Waals surface area contributed by atoms with Gasteiger partial charge in [-0.25, -0.2) is 0 Å². The molecule has 0 atom stereocenters. The molecule has 0 radical (unpaired) electrons. The molecule has 0 bridgehead atoms. The molecule has 1 aliphatic rings. The van der Waals surface area contributed by atoms with Crippen molar-refractivity contribution in [2.75, 3.05) is 17.2 Å². The van der Waals surface area contributed by atoms with Crippen LogP contribution in [0.3, 0.4) is 0 Å². The van der Waals surface area contributed by atoms with E-state index in [4.69, 9.17) is 4.74 Å². The van der Waals surface area contributed by atoms with Gasteiger partial charge in [-0.3, -0.25) is 14.4 Å². The SMILES string of the molecule is CC(=O)Nc1cccc(C(=O)NCc2ccc3c(c2)NC(=O)CO3)c1. The summed E-state index contributed by atoms with van der Waals surface area (Å²) in [5.41, 5.74) is 2.43. The molecule has 2 aromatic carbocycles. The molecular formula is C18H17N3O4. The van der Waals surface area contributed by atoms with E-state index in [2.05, 4.69) is 16.0 Å². The predicted molar refractivity (Wildman–Crippen MR) is 92.5 cm³/mol. The lowest BCUT2D eigenvalue weighted by molar-refractivity contribution is -0.118. The highest BCUT2D eigenvalue weighted by atomic mass is 16.5. The first-order valence-electron chi connectivity index (χ1n) is 7.73. The third-order valence-corrected chi connectivity index (χ3v) is 3.58. The second-order valence-corrected chi connectivity index (χ2v) is 5.61. The number of rotatable bonds is 4. The number of hydrogen-bond donors (Lipinski definition) is 3. The van der Waals surface area contributed by atoms with Gasteiger partial charge in [0.25, 0.3) is 11.8 Å². The Balaban J connectivity index is 1.65. The van der Waals surface area contributed by atoms with Gasteiger partial charge in [0.15, 0.2) is 6.61 Å². The van der Waals surface area contributed by atoms with Gasteiger partial charge in [0, 0.05) is 24.7 Å². The van der Waals surface area contributed by atoms with Gasteiger partial charge in [-0.05, 0) is 35.9 Å². The molecule has 7 heteroatoms. The van der Waals surface area contributed by atoms with Crippen LogP contribution in [0.5, 0.6) is 5.75 Å². The molecule has 0 spiro atoms. The zero-order chi connectivity index (χ0) is 17.8. The molecule has 3 N–H and O–H groups in total. The van der Waals surface area contributed by atoms with Gasteiger partial charge in [0.05, 0.1) is 5.69 Å². The highest BCUT2D eigenvalue weighted by molar-refractivity contribution is 5.97. The largest absolute Gasteiger partial charge is 0.482 e. The Labute approximate surface area is 144 Å². The molecule has 128 valence electrons. The maximum atomic E-state index is 12.3. The van der Waals surface area contributed by atoms with Crippen LogP contribution in [-0.4, -0.2) is 24.3 Å². The minimum absolute atomic E-state index is 0.00766. The van der Waals surface area contributed by atoms with E-state index in [9.17, 15) is 14.4 Å². The Kier molecular flexibility index (Phi) is 4.65. The predicted octanol–water partition coefficient (Wildman–Crippen LogP) is 1.91. The van der Waals surface area contributed by atoms with Crippen molar-refractivity contribution in [3.05, 3.63) is 53.6 Å². The molecule has 0 aliphatic carbocycles. The first kappa shape index (κ1) is 16.5. The van der Waals surface area contributed by atoms with Crippen LogP contribution < -0.4 is 20.7 Å². The molecule has 2 aromatic rings. The van der Waals surface area contributed by atoms with E-state index < -0.39 is 0 Å². The van der Waals surface area contributed by atoms with Crippen LogP contribution in [0.2, 0.25) is 0 Å². The number of amides is 3. The van der Waals surface area contributed by atoms with Crippen LogP contribution in [0.25, 0.3) is 0 Å². The average molecular weight is 339 g/mol. The Morgan fingerprint density at radius 2 is 2.04 bits per heavy atom. The topological polar surface area (TPSA) is 96.5 Å². The van der Waals surface area contributed by atoms with Crippen LogP contribution in [0.1, 0.15) is 22.8 Å². The van der Waals surface area contributed by atoms with E-state index in [1.807, 2.05) is 6.07 Å². The number of carbonyl (C=O) groups excluding carboxylic acids is 3. The van der Waals surface area contributed by atoms with Crippen molar-refractivity contribution in [2.24, 2.45) is 0 Å². The van der Waals surface area contributed by atoms with E-state index in [-0.39, 0.29) is 24.3 Å². The summed E-state index contributed by atoms with van der Waals surface area (Å²) in [5, 5.41) is 8.18. The van der Waals surface area contributed by atoms with Gasteiger partial charge in [0.2, 0.25) is 5.91 Å². The lowest BCUT2D eigenvalue weighted by Crippen LogP contribution is -2.26. The summed E-state index contributed by atoms with van der Waals surface area (Å²) in [7, 11) is 0. The quantitative estimate of drug-likeness (QED) is 0.793. The third kappa shape index (κ3) is 4.14. The summed E-state index contributed by atoms with van der Waals surface area (Å²) in [6.45, 7) is 1.71. The van der Waals surface area contributed by atoms with Crippen LogP contribution in [0.4, 0.5) is 11.4 Å². The summed E-state index contributed by atoms with van der Waals surface area (Å²) < 4.78 is 5.30. The lowest BCUT2D eigenvalue weighted by atomic mass is 10.1. The number of carbonyl (C=O) groups is 3. The molecule has 1 heterocycles. The molecule has 1 aliphatic heterocycles. The Bertz CT molecular complexity index is 848. The highest BCUT2D eigenvalue weighted by Crippen LogP contribution is 2.28. The summed E-state index contributed by atoms with van der Waals surface area (Å²) in [4.78, 5) is 34.7. The van der Waals surface area contributed by atoms with E-state index in [0.29, 0.717) is 29.2 Å². The third-order valence-electron chi connectivity index (χ3n) is 3.58. The van der Waals surface area contributed by atoms with E-state index in [1.165, 1.54) is 6.92 Å².